The molecule has 0 saturated carbocycles. The molecular formula is C5H9NO5S. The van der Waals surface area contributed by atoms with E-state index < -0.39 is 21.3 Å². The van der Waals surface area contributed by atoms with Crippen LogP contribution in [0.25, 0.3) is 0 Å². The van der Waals surface area contributed by atoms with Gasteiger partial charge in [-0.05, 0) is 6.42 Å². The summed E-state index contributed by atoms with van der Waals surface area (Å²) in [5.41, 5.74) is 0. The minimum atomic E-state index is -4.32. The van der Waals surface area contributed by atoms with Crippen LogP contribution in [0, 0.1) is 5.41 Å². The molecule has 0 fully saturated rings. The van der Waals surface area contributed by atoms with Gasteiger partial charge in [0.05, 0.1) is 0 Å². The Balaban J connectivity index is 4.21. The smallest absolute Gasteiger partial charge is 0.303 e. The number of hydrogen-bond donors (Lipinski definition) is 3. The van der Waals surface area contributed by atoms with Crippen LogP contribution >= 0.6 is 0 Å². The van der Waals surface area contributed by atoms with E-state index in [-0.39, 0.29) is 12.8 Å². The molecule has 0 aliphatic carbocycles. The Morgan fingerprint density at radius 3 is 2.33 bits per heavy atom. The summed E-state index contributed by atoms with van der Waals surface area (Å²) in [7, 11) is -4.32. The van der Waals surface area contributed by atoms with E-state index in [9.17, 15) is 13.2 Å². The van der Waals surface area contributed by atoms with Crippen LogP contribution in [0.15, 0.2) is 0 Å². The number of carboxylic acid groups (broad SMARTS) is 1. The third-order valence-corrected chi connectivity index (χ3v) is 2.35. The van der Waals surface area contributed by atoms with E-state index >= 15 is 0 Å². The summed E-state index contributed by atoms with van der Waals surface area (Å²) >= 11 is 0. The first-order valence-corrected chi connectivity index (χ1v) is 4.57. The molecule has 70 valence electrons. The van der Waals surface area contributed by atoms with Crippen molar-refractivity contribution in [1.82, 2.24) is 0 Å². The fraction of sp³-hybridized carbons (Fsp3) is 0.600. The Kier molecular flexibility index (Phi) is 3.84. The van der Waals surface area contributed by atoms with Gasteiger partial charge in [0.25, 0.3) is 10.1 Å². The van der Waals surface area contributed by atoms with Crippen molar-refractivity contribution in [2.45, 2.75) is 18.1 Å². The van der Waals surface area contributed by atoms with Gasteiger partial charge in [-0.1, -0.05) is 0 Å². The molecule has 0 amide bonds. The number of aliphatic carboxylic acids is 1. The summed E-state index contributed by atoms with van der Waals surface area (Å²) in [5.74, 6) is -1.16. The molecule has 0 radical (unpaired) electrons. The van der Waals surface area contributed by atoms with Gasteiger partial charge >= 0.3 is 5.97 Å². The second-order valence-electron chi connectivity index (χ2n) is 2.15. The lowest BCUT2D eigenvalue weighted by atomic mass is 10.2. The number of hydrogen-bond acceptors (Lipinski definition) is 4. The maximum atomic E-state index is 10.4. The standard InChI is InChI=1S/C5H9NO5S/c6-3-4(12(9,10)11)1-2-5(7)8/h3-4,6H,1-2H2,(H,7,8)(H,9,10,11). The Morgan fingerprint density at radius 2 is 2.08 bits per heavy atom. The largest absolute Gasteiger partial charge is 0.481 e. The zero-order valence-corrected chi connectivity index (χ0v) is 6.91. The summed E-state index contributed by atoms with van der Waals surface area (Å²) < 4.78 is 29.2. The minimum absolute atomic E-state index is 0.280. The van der Waals surface area contributed by atoms with E-state index in [1.807, 2.05) is 0 Å². The summed E-state index contributed by atoms with van der Waals surface area (Å²) in [6.45, 7) is 0. The molecule has 0 aromatic rings. The van der Waals surface area contributed by atoms with E-state index in [1.165, 1.54) is 0 Å². The molecule has 6 nitrogen and oxygen atoms in total. The van der Waals surface area contributed by atoms with E-state index in [0.717, 1.165) is 0 Å². The molecule has 1 unspecified atom stereocenters. The van der Waals surface area contributed by atoms with Crippen LogP contribution in [0.5, 0.6) is 0 Å². The van der Waals surface area contributed by atoms with Gasteiger partial charge in [-0.15, -0.1) is 0 Å². The van der Waals surface area contributed by atoms with Crippen LogP contribution in [0.2, 0.25) is 0 Å². The van der Waals surface area contributed by atoms with Gasteiger partial charge in [0.15, 0.2) is 0 Å². The van der Waals surface area contributed by atoms with Crippen LogP contribution in [0.1, 0.15) is 12.8 Å². The van der Waals surface area contributed by atoms with Gasteiger partial charge in [0.2, 0.25) is 0 Å². The molecule has 0 aliphatic rings. The van der Waals surface area contributed by atoms with Gasteiger partial charge in [-0.2, -0.15) is 8.42 Å². The third-order valence-electron chi connectivity index (χ3n) is 1.21. The highest BCUT2D eigenvalue weighted by Crippen LogP contribution is 2.04. The highest BCUT2D eigenvalue weighted by molar-refractivity contribution is 7.87. The van der Waals surface area contributed by atoms with Crippen molar-refractivity contribution in [3.05, 3.63) is 0 Å². The molecule has 0 heterocycles. The fourth-order valence-electron chi connectivity index (χ4n) is 0.584. The lowest BCUT2D eigenvalue weighted by molar-refractivity contribution is -0.137. The highest BCUT2D eigenvalue weighted by atomic mass is 32.2. The molecule has 3 N–H and O–H groups in total. The van der Waals surface area contributed by atoms with Crippen molar-refractivity contribution in [1.29, 1.82) is 5.41 Å². The summed E-state index contributed by atoms with van der Waals surface area (Å²) in [4.78, 5) is 10.00. The lowest BCUT2D eigenvalue weighted by Crippen LogP contribution is -2.22. The van der Waals surface area contributed by atoms with Crippen molar-refractivity contribution < 1.29 is 22.9 Å². The van der Waals surface area contributed by atoms with Crippen LogP contribution in [-0.2, 0) is 14.9 Å². The Morgan fingerprint density at radius 1 is 1.58 bits per heavy atom. The SMILES string of the molecule is N=CC(CCC(=O)O)S(=O)(=O)O. The average molecular weight is 195 g/mol. The molecule has 0 rings (SSSR count). The van der Waals surface area contributed by atoms with Crippen molar-refractivity contribution in [2.24, 2.45) is 0 Å². The monoisotopic (exact) mass is 195 g/mol. The predicted octanol–water partition coefficient (Wildman–Crippen LogP) is -0.243. The average Bonchev–Trinajstić information content (AvgIpc) is 1.85. The van der Waals surface area contributed by atoms with Crippen molar-refractivity contribution in [3.63, 3.8) is 0 Å². The zero-order valence-electron chi connectivity index (χ0n) is 6.10. The molecular weight excluding hydrogens is 186 g/mol. The van der Waals surface area contributed by atoms with E-state index in [0.29, 0.717) is 6.21 Å². The summed E-state index contributed by atoms with van der Waals surface area (Å²) in [6.07, 6.45) is -0.157. The van der Waals surface area contributed by atoms with Gasteiger partial charge in [0.1, 0.15) is 5.25 Å². The Hall–Kier alpha value is -0.950. The first kappa shape index (κ1) is 11.1. The summed E-state index contributed by atoms with van der Waals surface area (Å²) in [5, 5.41) is 13.4. The lowest BCUT2D eigenvalue weighted by Gasteiger charge is -2.04. The maximum Gasteiger partial charge on any atom is 0.303 e. The highest BCUT2D eigenvalue weighted by Gasteiger charge is 2.20. The Labute approximate surface area is 69.5 Å². The Bertz CT molecular complexity index is 270. The van der Waals surface area contributed by atoms with E-state index in [1.54, 1.807) is 0 Å². The van der Waals surface area contributed by atoms with Gasteiger partial charge in [-0.25, -0.2) is 0 Å². The minimum Gasteiger partial charge on any atom is -0.481 e. The van der Waals surface area contributed by atoms with Crippen LogP contribution < -0.4 is 0 Å². The topological polar surface area (TPSA) is 116 Å². The molecule has 1 atom stereocenters. The summed E-state index contributed by atoms with van der Waals surface area (Å²) in [6, 6.07) is 0. The maximum absolute atomic E-state index is 10.4. The van der Waals surface area contributed by atoms with Crippen LogP contribution in [-0.4, -0.2) is 35.5 Å². The number of carbonyl (C=O) groups is 1. The first-order chi connectivity index (χ1) is 5.38. The normalized spacial score (nSPS) is 13.8. The number of rotatable bonds is 5. The quantitative estimate of drug-likeness (QED) is 0.413. The molecule has 0 aliphatic heterocycles. The molecule has 0 spiro atoms. The molecule has 7 heteroatoms. The molecule has 0 bridgehead atoms. The zero-order chi connectivity index (χ0) is 9.78. The van der Waals surface area contributed by atoms with E-state index in [2.05, 4.69) is 0 Å². The third kappa shape index (κ3) is 4.04. The second-order valence-corrected chi connectivity index (χ2v) is 3.79. The number of carboxylic acids is 1. The molecule has 0 saturated heterocycles. The van der Waals surface area contributed by atoms with Crippen LogP contribution in [0.3, 0.4) is 0 Å². The van der Waals surface area contributed by atoms with Crippen molar-refractivity contribution >= 4 is 22.3 Å². The molecule has 0 aromatic heterocycles. The molecule has 12 heavy (non-hydrogen) atoms. The van der Waals surface area contributed by atoms with Gasteiger partial charge < -0.3 is 10.5 Å². The van der Waals surface area contributed by atoms with Gasteiger partial charge in [-0.3, -0.25) is 9.35 Å². The van der Waals surface area contributed by atoms with Crippen LogP contribution in [0.4, 0.5) is 0 Å². The first-order valence-electron chi connectivity index (χ1n) is 3.06. The second kappa shape index (κ2) is 4.17. The predicted molar refractivity (Wildman–Crippen MR) is 41.0 cm³/mol. The van der Waals surface area contributed by atoms with Crippen molar-refractivity contribution in [3.8, 4) is 0 Å². The van der Waals surface area contributed by atoms with Gasteiger partial charge in [0, 0.05) is 12.6 Å². The fourth-order valence-corrected chi connectivity index (χ4v) is 1.17. The van der Waals surface area contributed by atoms with Crippen molar-refractivity contribution in [2.75, 3.05) is 0 Å². The molecule has 0 aromatic carbocycles. The van der Waals surface area contributed by atoms with E-state index in [4.69, 9.17) is 15.1 Å². The number of nitrogens with one attached hydrogen (secondary N) is 1.